The minimum atomic E-state index is -0.0387. The number of nitriles is 1. The van der Waals surface area contributed by atoms with Crippen LogP contribution in [0.5, 0.6) is 0 Å². The Morgan fingerprint density at radius 1 is 1.55 bits per heavy atom. The molecule has 1 aromatic carbocycles. The van der Waals surface area contributed by atoms with Gasteiger partial charge in [-0.1, -0.05) is 6.07 Å². The average Bonchev–Trinajstić information content (AvgIpc) is 2.95. The number of halogens is 1. The number of nitrogens with zero attached hydrogens (tertiary/aromatic N) is 4. The predicted octanol–water partition coefficient (Wildman–Crippen LogP) is 2.14. The van der Waals surface area contributed by atoms with E-state index < -0.39 is 0 Å². The van der Waals surface area contributed by atoms with E-state index in [1.54, 1.807) is 18.2 Å². The number of anilines is 1. The third-order valence-corrected chi connectivity index (χ3v) is 3.14. The first kappa shape index (κ1) is 13.9. The van der Waals surface area contributed by atoms with Gasteiger partial charge in [-0.2, -0.15) is 10.5 Å². The van der Waals surface area contributed by atoms with E-state index in [-0.39, 0.29) is 17.2 Å². The lowest BCUT2D eigenvalue weighted by Gasteiger charge is -2.06. The maximum absolute atomic E-state index is 11.3. The molecule has 8 heteroatoms. The largest absolute Gasteiger partial charge is 0.359 e. The second-order valence-electron chi connectivity index (χ2n) is 3.80. The third-order valence-electron chi connectivity index (χ3n) is 2.45. The van der Waals surface area contributed by atoms with Crippen molar-refractivity contribution in [3.63, 3.8) is 0 Å². The molecule has 0 bridgehead atoms. The van der Waals surface area contributed by atoms with E-state index in [2.05, 4.69) is 41.9 Å². The highest BCUT2D eigenvalue weighted by atomic mass is 79.9. The zero-order chi connectivity index (χ0) is 14.5. The van der Waals surface area contributed by atoms with Crippen LogP contribution in [-0.2, 0) is 0 Å². The number of rotatable bonds is 4. The Bertz CT molecular complexity index is 701. The minimum absolute atomic E-state index is 0.0387. The summed E-state index contributed by atoms with van der Waals surface area (Å²) in [5.41, 5.74) is 1.45. The first-order valence-corrected chi connectivity index (χ1v) is 6.32. The molecule has 1 heterocycles. The number of Topliss-reactive ketones (excluding diaryl/α,β-unsaturated/α-hetero) is 1. The Morgan fingerprint density at radius 3 is 2.95 bits per heavy atom. The molecule has 0 fully saturated rings. The fraction of sp³-hybridized carbons (Fsp3) is 0.0833. The van der Waals surface area contributed by atoms with Gasteiger partial charge < -0.3 is 5.32 Å². The summed E-state index contributed by atoms with van der Waals surface area (Å²) in [6, 6.07) is 7.12. The first-order valence-electron chi connectivity index (χ1n) is 5.53. The number of tetrazole rings is 1. The number of hydrogen-bond acceptors (Lipinski definition) is 6. The van der Waals surface area contributed by atoms with Gasteiger partial charge in [-0.25, -0.2) is 0 Å². The zero-order valence-electron chi connectivity index (χ0n) is 10.4. The number of H-pyrrole nitrogens is 1. The van der Waals surface area contributed by atoms with E-state index >= 15 is 0 Å². The van der Waals surface area contributed by atoms with Gasteiger partial charge in [-0.3, -0.25) is 4.79 Å². The van der Waals surface area contributed by atoms with Crippen LogP contribution >= 0.6 is 15.9 Å². The standard InChI is InChI=1S/C12H9BrN6O/c1-7(20)8-2-3-10(13)11(4-8)15-6-9(5-14)12-16-18-19-17-12/h2-4,6,15H,1H3,(H,16,17,18,19). The lowest BCUT2D eigenvalue weighted by atomic mass is 10.1. The van der Waals surface area contributed by atoms with Crippen molar-refractivity contribution in [3.8, 4) is 6.07 Å². The molecule has 0 saturated heterocycles. The fourth-order valence-corrected chi connectivity index (χ4v) is 1.79. The molecule has 2 N–H and O–H groups in total. The van der Waals surface area contributed by atoms with Crippen LogP contribution in [0, 0.1) is 11.3 Å². The van der Waals surface area contributed by atoms with E-state index in [9.17, 15) is 4.79 Å². The monoisotopic (exact) mass is 332 g/mol. The van der Waals surface area contributed by atoms with Gasteiger partial charge in [-0.05, 0) is 40.2 Å². The van der Waals surface area contributed by atoms with Crippen molar-refractivity contribution in [1.82, 2.24) is 20.6 Å². The van der Waals surface area contributed by atoms with Gasteiger partial charge >= 0.3 is 0 Å². The molecule has 0 spiro atoms. The summed E-state index contributed by atoms with van der Waals surface area (Å²) in [5, 5.41) is 25.1. The van der Waals surface area contributed by atoms with Crippen LogP contribution < -0.4 is 5.32 Å². The third kappa shape index (κ3) is 3.07. The highest BCUT2D eigenvalue weighted by Gasteiger charge is 2.07. The maximum atomic E-state index is 11.3. The van der Waals surface area contributed by atoms with Gasteiger partial charge in [-0.15, -0.1) is 10.2 Å². The van der Waals surface area contributed by atoms with Crippen molar-refractivity contribution >= 4 is 33.0 Å². The SMILES string of the molecule is CC(=O)c1ccc(Br)c(NC=C(C#N)c2nn[nH]n2)c1. The summed E-state index contributed by atoms with van der Waals surface area (Å²) >= 11 is 3.36. The van der Waals surface area contributed by atoms with Crippen LogP contribution in [0.3, 0.4) is 0 Å². The molecule has 0 amide bonds. The predicted molar refractivity (Wildman–Crippen MR) is 75.5 cm³/mol. The summed E-state index contributed by atoms with van der Waals surface area (Å²) in [5.74, 6) is 0.155. The average molecular weight is 333 g/mol. The highest BCUT2D eigenvalue weighted by molar-refractivity contribution is 9.10. The molecular formula is C12H9BrN6O. The molecule has 0 aliphatic rings. The van der Waals surface area contributed by atoms with Gasteiger partial charge in [0.05, 0.1) is 5.69 Å². The number of aromatic amines is 1. The number of aromatic nitrogens is 4. The van der Waals surface area contributed by atoms with Gasteiger partial charge in [0.15, 0.2) is 5.78 Å². The Kier molecular flexibility index (Phi) is 4.22. The quantitative estimate of drug-likeness (QED) is 0.656. The molecule has 0 unspecified atom stereocenters. The van der Waals surface area contributed by atoms with Gasteiger partial charge in [0.25, 0.3) is 0 Å². The number of nitrogens with one attached hydrogen (secondary N) is 2. The summed E-state index contributed by atoms with van der Waals surface area (Å²) in [6.45, 7) is 1.49. The highest BCUT2D eigenvalue weighted by Crippen LogP contribution is 2.24. The molecule has 0 radical (unpaired) electrons. The van der Waals surface area contributed by atoms with Crippen LogP contribution in [-0.4, -0.2) is 26.4 Å². The Morgan fingerprint density at radius 2 is 2.35 bits per heavy atom. The minimum Gasteiger partial charge on any atom is -0.359 e. The number of ketones is 1. The molecule has 2 rings (SSSR count). The summed E-state index contributed by atoms with van der Waals surface area (Å²) in [6.07, 6.45) is 1.45. The van der Waals surface area contributed by atoms with Crippen molar-refractivity contribution in [2.24, 2.45) is 0 Å². The van der Waals surface area contributed by atoms with Crippen molar-refractivity contribution in [3.05, 3.63) is 40.3 Å². The molecule has 2 aromatic rings. The van der Waals surface area contributed by atoms with Crippen molar-refractivity contribution in [2.45, 2.75) is 6.92 Å². The second-order valence-corrected chi connectivity index (χ2v) is 4.65. The van der Waals surface area contributed by atoms with Gasteiger partial charge in [0, 0.05) is 16.2 Å². The second kappa shape index (κ2) is 6.08. The van der Waals surface area contributed by atoms with Gasteiger partial charge in [0.2, 0.25) is 5.82 Å². The van der Waals surface area contributed by atoms with E-state index in [0.717, 1.165) is 4.47 Å². The number of benzene rings is 1. The molecule has 1 aromatic heterocycles. The molecule has 20 heavy (non-hydrogen) atoms. The smallest absolute Gasteiger partial charge is 0.216 e. The summed E-state index contributed by atoms with van der Waals surface area (Å²) in [7, 11) is 0. The zero-order valence-corrected chi connectivity index (χ0v) is 12.0. The molecule has 0 aliphatic heterocycles. The molecule has 0 atom stereocenters. The number of carbonyl (C=O) groups is 1. The van der Waals surface area contributed by atoms with Crippen LogP contribution in [0.2, 0.25) is 0 Å². The van der Waals surface area contributed by atoms with E-state index in [1.165, 1.54) is 13.1 Å². The van der Waals surface area contributed by atoms with E-state index in [0.29, 0.717) is 11.3 Å². The van der Waals surface area contributed by atoms with E-state index in [4.69, 9.17) is 5.26 Å². The van der Waals surface area contributed by atoms with Crippen LogP contribution in [0.4, 0.5) is 5.69 Å². The molecule has 0 aliphatic carbocycles. The Balaban J connectivity index is 2.28. The van der Waals surface area contributed by atoms with Crippen LogP contribution in [0.25, 0.3) is 5.57 Å². The lowest BCUT2D eigenvalue weighted by molar-refractivity contribution is 0.101. The molecule has 7 nitrogen and oxygen atoms in total. The normalized spacial score (nSPS) is 10.9. The number of carbonyl (C=O) groups excluding carboxylic acids is 1. The van der Waals surface area contributed by atoms with Crippen LogP contribution in [0.1, 0.15) is 23.1 Å². The fourth-order valence-electron chi connectivity index (χ4n) is 1.43. The van der Waals surface area contributed by atoms with Crippen molar-refractivity contribution < 1.29 is 4.79 Å². The van der Waals surface area contributed by atoms with Crippen LogP contribution in [0.15, 0.2) is 28.9 Å². The van der Waals surface area contributed by atoms with Crippen molar-refractivity contribution in [2.75, 3.05) is 5.32 Å². The molecule has 0 saturated carbocycles. The topological polar surface area (TPSA) is 107 Å². The van der Waals surface area contributed by atoms with E-state index in [1.807, 2.05) is 6.07 Å². The lowest BCUT2D eigenvalue weighted by Crippen LogP contribution is -1.97. The summed E-state index contributed by atoms with van der Waals surface area (Å²) < 4.78 is 0.768. The first-order chi connectivity index (χ1) is 9.61. The Labute approximate surface area is 122 Å². The number of hydrogen-bond donors (Lipinski definition) is 2. The molecule has 100 valence electrons. The molecular weight excluding hydrogens is 324 g/mol. The summed E-state index contributed by atoms with van der Waals surface area (Å²) in [4.78, 5) is 11.3. The number of allylic oxidation sites excluding steroid dienone is 1. The Hall–Kier alpha value is -2.53. The van der Waals surface area contributed by atoms with Crippen molar-refractivity contribution in [1.29, 1.82) is 5.26 Å². The van der Waals surface area contributed by atoms with Gasteiger partial charge in [0.1, 0.15) is 11.6 Å². The maximum Gasteiger partial charge on any atom is 0.216 e.